The largest absolute Gasteiger partial charge is 0.508 e. The summed E-state index contributed by atoms with van der Waals surface area (Å²) in [5, 5.41) is 24.3. The number of aromatic hydroxyl groups is 1. The molecule has 10 rings (SSSR count). The second-order valence-corrected chi connectivity index (χ2v) is 18.3. The maximum Gasteiger partial charge on any atom is 0.196 e. The Hall–Kier alpha value is -6.04. The molecule has 1 aliphatic carbocycles. The number of phenols is 1. The Kier molecular flexibility index (Phi) is 11.2. The van der Waals surface area contributed by atoms with Crippen LogP contribution in [0.1, 0.15) is 105 Å². The molecular formula is C51H53N7O3S. The topological polar surface area (TPSA) is 114 Å². The van der Waals surface area contributed by atoms with Crippen LogP contribution in [0.4, 0.5) is 5.69 Å². The van der Waals surface area contributed by atoms with E-state index in [1.54, 1.807) is 23.8 Å². The van der Waals surface area contributed by atoms with Crippen LogP contribution >= 0.6 is 11.3 Å². The standard InChI is InChI=1S/C51H53N7O3S/c1-32-33(2)62-51-47(32)49(54-45(31-46-52-24-28-61-46)50-56-55-34(3)58(50)51)37-11-16-40(17-12-37)53-39-10-7-25-57(26-23-39)27-29-60-42-19-13-36(14-20-42)48-43(35-8-5-4-6-9-35)21-15-38-30-41(59)18-22-44(38)48/h4-6,8-9,11-14,16-20,22,24,28,30,39,43,45,48,53,59H,7,10,15,21,23,25-27,29,31H2,1-3H3/t39?,43-,45?,48+/m1/s1. The molecule has 62 heavy (non-hydrogen) atoms. The van der Waals surface area contributed by atoms with Gasteiger partial charge in [-0.25, -0.2) is 4.98 Å². The molecule has 4 aromatic carbocycles. The number of hydrogen-bond acceptors (Lipinski definition) is 10. The van der Waals surface area contributed by atoms with Gasteiger partial charge in [0.1, 0.15) is 41.2 Å². The third-order valence-corrected chi connectivity index (χ3v) is 14.4. The van der Waals surface area contributed by atoms with E-state index in [4.69, 9.17) is 14.1 Å². The van der Waals surface area contributed by atoms with E-state index in [9.17, 15) is 5.11 Å². The van der Waals surface area contributed by atoms with Crippen LogP contribution in [0, 0.1) is 20.8 Å². The molecule has 0 bridgehead atoms. The lowest BCUT2D eigenvalue weighted by molar-refractivity contribution is 0.213. The quantitative estimate of drug-likeness (QED) is 0.132. The number of benzene rings is 4. The second kappa shape index (κ2) is 17.4. The molecule has 11 heteroatoms. The fourth-order valence-corrected chi connectivity index (χ4v) is 11.1. The number of nitrogens with zero attached hydrogens (tertiary/aromatic N) is 6. The van der Waals surface area contributed by atoms with Gasteiger partial charge in [0.2, 0.25) is 0 Å². The molecule has 3 aromatic heterocycles. The van der Waals surface area contributed by atoms with Gasteiger partial charge in [0.25, 0.3) is 0 Å². The lowest BCUT2D eigenvalue weighted by Crippen LogP contribution is -2.30. The summed E-state index contributed by atoms with van der Waals surface area (Å²) in [5.41, 5.74) is 10.7. The summed E-state index contributed by atoms with van der Waals surface area (Å²) < 4.78 is 14.2. The van der Waals surface area contributed by atoms with Crippen molar-refractivity contribution in [3.63, 3.8) is 0 Å². The molecule has 0 radical (unpaired) electrons. The SMILES string of the molecule is Cc1sc2c(c1C)C(c1ccc(NC3CCCN(CCOc4ccc([C@@H]5c6ccc(O)cc6CC[C@@H]5c5ccccc5)cc4)CC3)cc1)=NC(Cc1ncco1)c1nnc(C)n1-2. The molecule has 0 saturated carbocycles. The summed E-state index contributed by atoms with van der Waals surface area (Å²) in [4.78, 5) is 13.6. The number of oxazole rings is 1. The fraction of sp³-hybridized carbons (Fsp3) is 0.333. The van der Waals surface area contributed by atoms with E-state index in [2.05, 4.69) is 129 Å². The van der Waals surface area contributed by atoms with Crippen molar-refractivity contribution >= 4 is 22.7 Å². The first-order chi connectivity index (χ1) is 30.4. The van der Waals surface area contributed by atoms with Gasteiger partial charge in [-0.05, 0) is 130 Å². The van der Waals surface area contributed by atoms with E-state index in [-0.39, 0.29) is 12.0 Å². The van der Waals surface area contributed by atoms with E-state index in [0.29, 0.717) is 36.6 Å². The van der Waals surface area contributed by atoms with Crippen LogP contribution < -0.4 is 10.1 Å². The fourth-order valence-electron chi connectivity index (χ4n) is 9.87. The summed E-state index contributed by atoms with van der Waals surface area (Å²) in [6.07, 6.45) is 9.14. The zero-order chi connectivity index (χ0) is 42.2. The second-order valence-electron chi connectivity index (χ2n) is 17.1. The van der Waals surface area contributed by atoms with E-state index in [0.717, 1.165) is 96.7 Å². The predicted molar refractivity (Wildman–Crippen MR) is 246 cm³/mol. The Morgan fingerprint density at radius 2 is 1.73 bits per heavy atom. The van der Waals surface area contributed by atoms with Gasteiger partial charge in [-0.1, -0.05) is 60.7 Å². The van der Waals surface area contributed by atoms with Crippen LogP contribution in [-0.2, 0) is 12.8 Å². The molecule has 10 nitrogen and oxygen atoms in total. The van der Waals surface area contributed by atoms with Gasteiger partial charge < -0.3 is 19.6 Å². The van der Waals surface area contributed by atoms with Gasteiger partial charge >= 0.3 is 0 Å². The molecule has 5 heterocycles. The average molecular weight is 844 g/mol. The summed E-state index contributed by atoms with van der Waals surface area (Å²) in [6.45, 7) is 10.0. The molecule has 2 N–H and O–H groups in total. The normalized spacial score (nSPS) is 20.0. The minimum atomic E-state index is -0.294. The Morgan fingerprint density at radius 3 is 2.53 bits per heavy atom. The van der Waals surface area contributed by atoms with Crippen molar-refractivity contribution in [1.82, 2.24) is 24.6 Å². The number of rotatable bonds is 11. The number of aliphatic imine (C=N–C) groups is 1. The van der Waals surface area contributed by atoms with Crippen molar-refractivity contribution in [2.24, 2.45) is 4.99 Å². The van der Waals surface area contributed by atoms with Gasteiger partial charge in [0, 0.05) is 46.7 Å². The van der Waals surface area contributed by atoms with E-state index >= 15 is 0 Å². The van der Waals surface area contributed by atoms with Crippen LogP contribution in [0.15, 0.2) is 119 Å². The Labute approximate surface area is 367 Å². The van der Waals surface area contributed by atoms with Gasteiger partial charge in [-0.2, -0.15) is 0 Å². The van der Waals surface area contributed by atoms with Crippen molar-refractivity contribution in [1.29, 1.82) is 0 Å². The van der Waals surface area contributed by atoms with Crippen LogP contribution in [0.3, 0.4) is 0 Å². The molecule has 4 atom stereocenters. The lowest BCUT2D eigenvalue weighted by atomic mass is 9.69. The lowest BCUT2D eigenvalue weighted by Gasteiger charge is -2.35. The maximum absolute atomic E-state index is 10.2. The molecule has 0 spiro atoms. The monoisotopic (exact) mass is 843 g/mol. The highest BCUT2D eigenvalue weighted by Gasteiger charge is 2.34. The number of phenolic OH excluding ortho intramolecular Hbond substituents is 1. The number of aryl methyl sites for hydroxylation is 3. The molecule has 2 aliphatic heterocycles. The van der Waals surface area contributed by atoms with Gasteiger partial charge in [0.15, 0.2) is 11.7 Å². The molecule has 3 aliphatic rings. The Balaban J connectivity index is 0.767. The number of nitrogens with one attached hydrogen (secondary N) is 1. The molecule has 7 aromatic rings. The van der Waals surface area contributed by atoms with E-state index < -0.39 is 0 Å². The number of aromatic nitrogens is 4. The number of likely N-dealkylation sites (tertiary alicyclic amines) is 1. The first-order valence-electron chi connectivity index (χ1n) is 22.0. The van der Waals surface area contributed by atoms with Gasteiger partial charge in [-0.3, -0.25) is 14.5 Å². The first kappa shape index (κ1) is 40.1. The third kappa shape index (κ3) is 8.07. The van der Waals surface area contributed by atoms with Crippen LogP contribution in [0.25, 0.3) is 5.00 Å². The summed E-state index contributed by atoms with van der Waals surface area (Å²) in [5.74, 6) is 4.14. The number of thiophene rings is 1. The maximum atomic E-state index is 10.2. The molecule has 2 unspecified atom stereocenters. The average Bonchev–Trinajstić information content (AvgIpc) is 3.95. The number of fused-ring (bicyclic) bond motifs is 4. The highest BCUT2D eigenvalue weighted by atomic mass is 32.1. The number of ether oxygens (including phenoxy) is 1. The highest BCUT2D eigenvalue weighted by Crippen LogP contribution is 2.47. The predicted octanol–water partition coefficient (Wildman–Crippen LogP) is 10.3. The zero-order valence-corrected chi connectivity index (χ0v) is 36.4. The highest BCUT2D eigenvalue weighted by molar-refractivity contribution is 7.15. The van der Waals surface area contributed by atoms with Gasteiger partial charge in [0.05, 0.1) is 18.3 Å². The van der Waals surface area contributed by atoms with Crippen molar-refractivity contribution < 1.29 is 14.3 Å². The molecular weight excluding hydrogens is 791 g/mol. The summed E-state index contributed by atoms with van der Waals surface area (Å²) in [7, 11) is 0. The van der Waals surface area contributed by atoms with Crippen LogP contribution in [0.2, 0.25) is 0 Å². The Morgan fingerprint density at radius 1 is 0.887 bits per heavy atom. The van der Waals surface area contributed by atoms with Crippen LogP contribution in [0.5, 0.6) is 11.5 Å². The summed E-state index contributed by atoms with van der Waals surface area (Å²) in [6, 6.07) is 34.4. The summed E-state index contributed by atoms with van der Waals surface area (Å²) >= 11 is 1.77. The van der Waals surface area contributed by atoms with Crippen molar-refractivity contribution in [2.75, 3.05) is 31.6 Å². The Bertz CT molecular complexity index is 2670. The molecule has 1 fully saturated rings. The van der Waals surface area contributed by atoms with Crippen molar-refractivity contribution in [2.45, 2.75) is 83.2 Å². The van der Waals surface area contributed by atoms with E-state index in [1.165, 1.54) is 32.7 Å². The minimum absolute atomic E-state index is 0.226. The molecule has 1 saturated heterocycles. The van der Waals surface area contributed by atoms with E-state index in [1.807, 2.05) is 19.1 Å². The number of hydrogen-bond donors (Lipinski definition) is 2. The molecule has 0 amide bonds. The van der Waals surface area contributed by atoms with Crippen LogP contribution in [-0.4, -0.2) is 67.7 Å². The number of anilines is 1. The smallest absolute Gasteiger partial charge is 0.196 e. The zero-order valence-electron chi connectivity index (χ0n) is 35.6. The molecule has 316 valence electrons. The third-order valence-electron chi connectivity index (χ3n) is 13.2. The van der Waals surface area contributed by atoms with Crippen molar-refractivity contribution in [3.8, 4) is 16.5 Å². The first-order valence-corrected chi connectivity index (χ1v) is 22.9. The van der Waals surface area contributed by atoms with Gasteiger partial charge in [-0.15, -0.1) is 21.5 Å². The minimum Gasteiger partial charge on any atom is -0.508 e. The van der Waals surface area contributed by atoms with Crippen molar-refractivity contribution in [3.05, 3.63) is 171 Å².